The van der Waals surface area contributed by atoms with Crippen molar-refractivity contribution in [1.82, 2.24) is 20.4 Å². The zero-order valence-electron chi connectivity index (χ0n) is 13.6. The van der Waals surface area contributed by atoms with Gasteiger partial charge in [0.1, 0.15) is 0 Å². The summed E-state index contributed by atoms with van der Waals surface area (Å²) in [5.74, 6) is 0.429. The van der Waals surface area contributed by atoms with Crippen molar-refractivity contribution < 1.29 is 4.79 Å². The molecule has 0 bridgehead atoms. The minimum Gasteiger partial charge on any atom is -0.352 e. The van der Waals surface area contributed by atoms with Gasteiger partial charge >= 0.3 is 0 Å². The number of nitrogens with zero attached hydrogens (tertiary/aromatic N) is 2. The van der Waals surface area contributed by atoms with Gasteiger partial charge in [-0.05, 0) is 50.9 Å². The van der Waals surface area contributed by atoms with Crippen LogP contribution in [0.4, 0.5) is 0 Å². The highest BCUT2D eigenvalue weighted by Crippen LogP contribution is 2.22. The highest BCUT2D eigenvalue weighted by atomic mass is 35.5. The van der Waals surface area contributed by atoms with Gasteiger partial charge in [-0.1, -0.05) is 23.7 Å². The Morgan fingerprint density at radius 2 is 2.25 bits per heavy atom. The Labute approximate surface area is 153 Å². The number of carbonyl (C=O) groups is 1. The van der Waals surface area contributed by atoms with Crippen molar-refractivity contribution in [3.05, 3.63) is 46.7 Å². The van der Waals surface area contributed by atoms with Crippen LogP contribution in [0, 0.1) is 12.8 Å². The molecule has 0 saturated carbocycles. The van der Waals surface area contributed by atoms with E-state index < -0.39 is 0 Å². The first-order chi connectivity index (χ1) is 11.2. The average molecular weight is 369 g/mol. The van der Waals surface area contributed by atoms with E-state index in [4.69, 9.17) is 11.6 Å². The minimum absolute atomic E-state index is 0. The molecule has 0 spiro atoms. The first-order valence-electron chi connectivity index (χ1n) is 7.95. The van der Waals surface area contributed by atoms with Crippen LogP contribution in [-0.2, 0) is 0 Å². The fourth-order valence-corrected chi connectivity index (χ4v) is 3.15. The third-order valence-corrected chi connectivity index (χ3v) is 4.60. The second kappa shape index (κ2) is 8.51. The van der Waals surface area contributed by atoms with Crippen LogP contribution in [0.15, 0.2) is 30.5 Å². The van der Waals surface area contributed by atoms with Gasteiger partial charge in [0.2, 0.25) is 0 Å². The number of para-hydroxylation sites is 1. The SMILES string of the molecule is Cc1c(C(=O)NCC2CCCNC2)cnn1-c1ccccc1Cl.Cl. The molecule has 1 amide bonds. The van der Waals surface area contributed by atoms with Crippen LogP contribution >= 0.6 is 24.0 Å². The smallest absolute Gasteiger partial charge is 0.254 e. The van der Waals surface area contributed by atoms with E-state index in [0.717, 1.165) is 30.9 Å². The summed E-state index contributed by atoms with van der Waals surface area (Å²) in [6, 6.07) is 7.47. The third kappa shape index (κ3) is 4.09. The van der Waals surface area contributed by atoms with Crippen LogP contribution in [0.3, 0.4) is 0 Å². The Morgan fingerprint density at radius 1 is 1.46 bits per heavy atom. The summed E-state index contributed by atoms with van der Waals surface area (Å²) >= 11 is 6.21. The Morgan fingerprint density at radius 3 is 2.96 bits per heavy atom. The van der Waals surface area contributed by atoms with Crippen molar-refractivity contribution in [2.24, 2.45) is 5.92 Å². The zero-order chi connectivity index (χ0) is 16.2. The van der Waals surface area contributed by atoms with Crippen molar-refractivity contribution in [3.63, 3.8) is 0 Å². The van der Waals surface area contributed by atoms with Crippen LogP contribution < -0.4 is 10.6 Å². The maximum absolute atomic E-state index is 12.4. The zero-order valence-corrected chi connectivity index (χ0v) is 15.2. The van der Waals surface area contributed by atoms with Crippen molar-refractivity contribution in [3.8, 4) is 5.69 Å². The summed E-state index contributed by atoms with van der Waals surface area (Å²) in [5.41, 5.74) is 2.16. The molecule has 1 aromatic heterocycles. The molecule has 130 valence electrons. The quantitative estimate of drug-likeness (QED) is 0.871. The van der Waals surface area contributed by atoms with Crippen molar-refractivity contribution in [2.45, 2.75) is 19.8 Å². The lowest BCUT2D eigenvalue weighted by molar-refractivity contribution is 0.0944. The first-order valence-corrected chi connectivity index (χ1v) is 8.33. The van der Waals surface area contributed by atoms with Crippen molar-refractivity contribution in [1.29, 1.82) is 0 Å². The van der Waals surface area contributed by atoms with Gasteiger partial charge in [-0.2, -0.15) is 5.10 Å². The predicted molar refractivity (Wildman–Crippen MR) is 98.5 cm³/mol. The molecular formula is C17H22Cl2N4O. The summed E-state index contributed by atoms with van der Waals surface area (Å²) in [6.45, 7) is 4.63. The molecule has 1 aromatic carbocycles. The van der Waals surface area contributed by atoms with Crippen LogP contribution in [0.5, 0.6) is 0 Å². The molecule has 2 N–H and O–H groups in total. The second-order valence-electron chi connectivity index (χ2n) is 5.93. The molecule has 1 fully saturated rings. The number of carbonyl (C=O) groups excluding carboxylic acids is 1. The lowest BCUT2D eigenvalue weighted by atomic mass is 10.00. The molecule has 2 heterocycles. The predicted octanol–water partition coefficient (Wildman–Crippen LogP) is 2.99. The number of halogens is 2. The Hall–Kier alpha value is -1.56. The largest absolute Gasteiger partial charge is 0.352 e. The van der Waals surface area contributed by atoms with Crippen LogP contribution in [0.2, 0.25) is 5.02 Å². The summed E-state index contributed by atoms with van der Waals surface area (Å²) in [4.78, 5) is 12.4. The molecule has 1 atom stereocenters. The summed E-state index contributed by atoms with van der Waals surface area (Å²) < 4.78 is 1.71. The lowest BCUT2D eigenvalue weighted by Crippen LogP contribution is -2.38. The molecule has 1 aliphatic heterocycles. The number of hydrogen-bond acceptors (Lipinski definition) is 3. The molecule has 1 unspecified atom stereocenters. The van der Waals surface area contributed by atoms with Gasteiger partial charge in [0, 0.05) is 6.54 Å². The van der Waals surface area contributed by atoms with Crippen molar-refractivity contribution in [2.75, 3.05) is 19.6 Å². The van der Waals surface area contributed by atoms with Crippen LogP contribution in [0.25, 0.3) is 5.69 Å². The number of nitrogens with one attached hydrogen (secondary N) is 2. The van der Waals surface area contributed by atoms with E-state index in [2.05, 4.69) is 15.7 Å². The average Bonchev–Trinajstić information content (AvgIpc) is 2.95. The third-order valence-electron chi connectivity index (χ3n) is 4.29. The van der Waals surface area contributed by atoms with Crippen molar-refractivity contribution >= 4 is 29.9 Å². The normalized spacial score (nSPS) is 17.2. The van der Waals surface area contributed by atoms with E-state index in [1.807, 2.05) is 31.2 Å². The molecule has 5 nitrogen and oxygen atoms in total. The summed E-state index contributed by atoms with van der Waals surface area (Å²) in [7, 11) is 0. The standard InChI is InChI=1S/C17H21ClN4O.ClH/c1-12-14(17(23)20-10-13-5-4-8-19-9-13)11-21-22(12)16-7-3-2-6-15(16)18;/h2-3,6-7,11,13,19H,4-5,8-10H2,1H3,(H,20,23);1H. The Bertz CT molecular complexity index is 696. The van der Waals surface area contributed by atoms with E-state index in [0.29, 0.717) is 23.0 Å². The summed E-state index contributed by atoms with van der Waals surface area (Å²) in [5, 5.41) is 11.3. The molecular weight excluding hydrogens is 347 g/mol. The Kier molecular flexibility index (Phi) is 6.66. The summed E-state index contributed by atoms with van der Waals surface area (Å²) in [6.07, 6.45) is 3.93. The van der Waals surface area contributed by atoms with Gasteiger partial charge in [-0.25, -0.2) is 4.68 Å². The van der Waals surface area contributed by atoms with E-state index in [1.165, 1.54) is 6.42 Å². The molecule has 7 heteroatoms. The van der Waals surface area contributed by atoms with Gasteiger partial charge < -0.3 is 10.6 Å². The van der Waals surface area contributed by atoms with E-state index in [9.17, 15) is 4.79 Å². The van der Waals surface area contributed by atoms with E-state index >= 15 is 0 Å². The fraction of sp³-hybridized carbons (Fsp3) is 0.412. The van der Waals surface area contributed by atoms with Gasteiger partial charge in [-0.3, -0.25) is 4.79 Å². The van der Waals surface area contributed by atoms with E-state index in [-0.39, 0.29) is 18.3 Å². The monoisotopic (exact) mass is 368 g/mol. The fourth-order valence-electron chi connectivity index (χ4n) is 2.93. The molecule has 1 aliphatic rings. The maximum Gasteiger partial charge on any atom is 0.254 e. The van der Waals surface area contributed by atoms with Crippen LogP contribution in [-0.4, -0.2) is 35.3 Å². The van der Waals surface area contributed by atoms with Gasteiger partial charge in [-0.15, -0.1) is 12.4 Å². The molecule has 2 aromatic rings. The highest BCUT2D eigenvalue weighted by molar-refractivity contribution is 6.32. The van der Waals surface area contributed by atoms with Gasteiger partial charge in [0.25, 0.3) is 5.91 Å². The molecule has 24 heavy (non-hydrogen) atoms. The Balaban J connectivity index is 0.00000208. The number of aromatic nitrogens is 2. The topological polar surface area (TPSA) is 59.0 Å². The second-order valence-corrected chi connectivity index (χ2v) is 6.34. The van der Waals surface area contributed by atoms with Crippen LogP contribution in [0.1, 0.15) is 28.9 Å². The highest BCUT2D eigenvalue weighted by Gasteiger charge is 2.18. The van der Waals surface area contributed by atoms with Gasteiger partial charge in [0.15, 0.2) is 0 Å². The molecule has 1 saturated heterocycles. The maximum atomic E-state index is 12.4. The molecule has 0 aliphatic carbocycles. The number of rotatable bonds is 4. The van der Waals surface area contributed by atoms with E-state index in [1.54, 1.807) is 10.9 Å². The van der Waals surface area contributed by atoms with Gasteiger partial charge in [0.05, 0.1) is 28.2 Å². The minimum atomic E-state index is -0.0774. The molecule has 3 rings (SSSR count). The number of benzene rings is 1. The molecule has 0 radical (unpaired) electrons. The lowest BCUT2D eigenvalue weighted by Gasteiger charge is -2.22. The number of hydrogen-bond donors (Lipinski definition) is 2. The first kappa shape index (κ1) is 18.8. The number of piperidine rings is 1. The number of amides is 1.